The Labute approximate surface area is 239 Å². The number of ether oxygens (including phenoxy) is 1. The lowest BCUT2D eigenvalue weighted by Crippen LogP contribution is -2.50. The van der Waals surface area contributed by atoms with Gasteiger partial charge in [0.25, 0.3) is 5.91 Å². The van der Waals surface area contributed by atoms with E-state index in [-0.39, 0.29) is 24.4 Å². The van der Waals surface area contributed by atoms with Crippen molar-refractivity contribution in [3.63, 3.8) is 0 Å². The van der Waals surface area contributed by atoms with Crippen LogP contribution in [0.2, 0.25) is 0 Å². The maximum Gasteiger partial charge on any atom is 0.339 e. The smallest absolute Gasteiger partial charge is 0.339 e. The first kappa shape index (κ1) is 27.2. The van der Waals surface area contributed by atoms with Crippen molar-refractivity contribution in [2.45, 2.75) is 38.3 Å². The van der Waals surface area contributed by atoms with Gasteiger partial charge in [-0.15, -0.1) is 0 Å². The first-order valence-electron chi connectivity index (χ1n) is 14.3. The summed E-state index contributed by atoms with van der Waals surface area (Å²) in [4.78, 5) is 37.2. The highest BCUT2D eigenvalue weighted by Gasteiger charge is 2.38. The Morgan fingerprint density at radius 2 is 1.95 bits per heavy atom. The van der Waals surface area contributed by atoms with Crippen LogP contribution in [0.3, 0.4) is 0 Å². The number of anilines is 3. The van der Waals surface area contributed by atoms with E-state index >= 15 is 0 Å². The van der Waals surface area contributed by atoms with Crippen molar-refractivity contribution in [3.8, 4) is 0 Å². The number of carbonyl (C=O) groups excluding carboxylic acids is 2. The van der Waals surface area contributed by atoms with Gasteiger partial charge in [-0.05, 0) is 75.4 Å². The van der Waals surface area contributed by atoms with E-state index in [0.29, 0.717) is 41.0 Å². The monoisotopic (exact) mass is 556 g/mol. The fourth-order valence-electron chi connectivity index (χ4n) is 6.21. The molecule has 1 amide bonds. The second-order valence-corrected chi connectivity index (χ2v) is 11.6. The Kier molecular flexibility index (Phi) is 7.35. The number of rotatable bonds is 9. The summed E-state index contributed by atoms with van der Waals surface area (Å²) in [6.45, 7) is 7.43. The summed E-state index contributed by atoms with van der Waals surface area (Å²) in [7, 11) is 0. The molecular formula is C31H36N6O4. The lowest BCUT2D eigenvalue weighted by atomic mass is 9.79. The molecule has 2 atom stereocenters. The van der Waals surface area contributed by atoms with Crippen LogP contribution in [0, 0.1) is 11.8 Å². The number of carbonyl (C=O) groups is 2. The zero-order valence-electron chi connectivity index (χ0n) is 23.4. The van der Waals surface area contributed by atoms with Gasteiger partial charge in [0.05, 0.1) is 18.2 Å². The van der Waals surface area contributed by atoms with Crippen LogP contribution in [0.15, 0.2) is 54.7 Å². The largest absolute Gasteiger partial charge is 0.451 e. The van der Waals surface area contributed by atoms with Crippen LogP contribution < -0.4 is 16.0 Å². The van der Waals surface area contributed by atoms with E-state index in [1.165, 1.54) is 19.0 Å². The number of piperidine rings is 3. The summed E-state index contributed by atoms with van der Waals surface area (Å²) in [5.41, 5.74) is 2.43. The number of benzene rings is 2. The topological polar surface area (TPSA) is 129 Å². The predicted molar refractivity (Wildman–Crippen MR) is 155 cm³/mol. The minimum absolute atomic E-state index is 0.189. The Balaban J connectivity index is 1.25. The van der Waals surface area contributed by atoms with Gasteiger partial charge in [0.2, 0.25) is 5.95 Å². The van der Waals surface area contributed by atoms with E-state index < -0.39 is 11.6 Å². The molecule has 5 heterocycles. The zero-order chi connectivity index (χ0) is 28.6. The van der Waals surface area contributed by atoms with Crippen LogP contribution in [-0.2, 0) is 10.3 Å². The molecule has 2 unspecified atom stereocenters. The molecule has 0 spiro atoms. The van der Waals surface area contributed by atoms with Crippen molar-refractivity contribution in [2.75, 3.05) is 43.4 Å². The molecule has 10 heteroatoms. The second kappa shape index (κ2) is 11.1. The molecule has 7 rings (SSSR count). The normalized spacial score (nSPS) is 22.9. The van der Waals surface area contributed by atoms with Gasteiger partial charge in [-0.2, -0.15) is 4.98 Å². The minimum Gasteiger partial charge on any atom is -0.451 e. The molecule has 3 fully saturated rings. The number of hydrogen-bond donors (Lipinski definition) is 4. The fraction of sp³-hybridized carbons (Fsp3) is 0.419. The molecule has 3 aromatic rings. The van der Waals surface area contributed by atoms with Gasteiger partial charge in [0, 0.05) is 30.5 Å². The SMILES string of the molecule is CC1(C)OC(=O)c2ccc(Nc3ncc(C(=O)NCC4CN5CCC4CC5)c(NC(CO)c4ccccc4)n3)cc21. The van der Waals surface area contributed by atoms with Crippen LogP contribution in [0.4, 0.5) is 17.5 Å². The lowest BCUT2D eigenvalue weighted by molar-refractivity contribution is 0.00953. The van der Waals surface area contributed by atoms with Crippen molar-refractivity contribution in [1.29, 1.82) is 0 Å². The Morgan fingerprint density at radius 1 is 1.17 bits per heavy atom. The van der Waals surface area contributed by atoms with E-state index in [1.54, 1.807) is 12.1 Å². The molecule has 214 valence electrons. The Hall–Kier alpha value is -4.02. The predicted octanol–water partition coefficient (Wildman–Crippen LogP) is 3.84. The lowest BCUT2D eigenvalue weighted by Gasteiger charge is -2.44. The van der Waals surface area contributed by atoms with Gasteiger partial charge in [-0.3, -0.25) is 4.79 Å². The van der Waals surface area contributed by atoms with Gasteiger partial charge in [0.15, 0.2) is 0 Å². The number of amides is 1. The van der Waals surface area contributed by atoms with Gasteiger partial charge < -0.3 is 30.7 Å². The number of aromatic nitrogens is 2. The van der Waals surface area contributed by atoms with Crippen LogP contribution in [0.1, 0.15) is 64.6 Å². The van der Waals surface area contributed by atoms with E-state index in [1.807, 2.05) is 50.2 Å². The number of esters is 1. The van der Waals surface area contributed by atoms with Crippen molar-refractivity contribution >= 4 is 29.3 Å². The summed E-state index contributed by atoms with van der Waals surface area (Å²) in [5, 5.41) is 19.8. The number of cyclic esters (lactones) is 1. The third-order valence-electron chi connectivity index (χ3n) is 8.54. The van der Waals surface area contributed by atoms with Gasteiger partial charge in [0.1, 0.15) is 17.0 Å². The summed E-state index contributed by atoms with van der Waals surface area (Å²) in [6, 6.07) is 14.4. The second-order valence-electron chi connectivity index (χ2n) is 11.6. The molecule has 1 aromatic heterocycles. The minimum atomic E-state index is -0.738. The molecule has 2 aromatic carbocycles. The van der Waals surface area contributed by atoms with Crippen LogP contribution in [0.5, 0.6) is 0 Å². The highest BCUT2D eigenvalue weighted by molar-refractivity contribution is 5.99. The molecule has 4 N–H and O–H groups in total. The number of aliphatic hydroxyl groups is 1. The summed E-state index contributed by atoms with van der Waals surface area (Å²) < 4.78 is 5.49. The Morgan fingerprint density at radius 3 is 2.66 bits per heavy atom. The molecule has 0 aliphatic carbocycles. The summed E-state index contributed by atoms with van der Waals surface area (Å²) >= 11 is 0. The maximum absolute atomic E-state index is 13.4. The van der Waals surface area contributed by atoms with E-state index in [4.69, 9.17) is 4.74 Å². The van der Waals surface area contributed by atoms with E-state index in [0.717, 1.165) is 30.8 Å². The molecule has 4 aliphatic heterocycles. The third-order valence-corrected chi connectivity index (χ3v) is 8.54. The molecule has 10 nitrogen and oxygen atoms in total. The average molecular weight is 557 g/mol. The van der Waals surface area contributed by atoms with Gasteiger partial charge in [-0.25, -0.2) is 9.78 Å². The first-order valence-corrected chi connectivity index (χ1v) is 14.3. The standard InChI is InChI=1S/C31H36N6O4/c1-31(2)25-14-22(8-9-23(25)29(40)41-31)34-30-33-16-24(27(36-30)35-26(18-38)20-6-4-3-5-7-20)28(39)32-15-21-17-37-12-10-19(21)11-13-37/h3-9,14,16,19,21,26,38H,10-13,15,17-18H2,1-2H3,(H,32,39)(H2,33,34,35,36). The summed E-state index contributed by atoms with van der Waals surface area (Å²) in [6.07, 6.45) is 3.88. The first-order chi connectivity index (χ1) is 19.8. The molecular weight excluding hydrogens is 520 g/mol. The molecule has 3 saturated heterocycles. The molecule has 0 radical (unpaired) electrons. The average Bonchev–Trinajstić information content (AvgIpc) is 3.22. The van der Waals surface area contributed by atoms with Crippen LogP contribution in [-0.4, -0.2) is 64.6 Å². The van der Waals surface area contributed by atoms with Crippen LogP contribution >= 0.6 is 0 Å². The van der Waals surface area contributed by atoms with E-state index in [2.05, 4.69) is 30.8 Å². The van der Waals surface area contributed by atoms with Crippen molar-refractivity contribution in [2.24, 2.45) is 11.8 Å². The number of fused-ring (bicyclic) bond motifs is 4. The third kappa shape index (κ3) is 5.62. The number of hydrogen-bond acceptors (Lipinski definition) is 9. The van der Waals surface area contributed by atoms with Crippen molar-refractivity contribution < 1.29 is 19.4 Å². The summed E-state index contributed by atoms with van der Waals surface area (Å²) in [5.74, 6) is 1.08. The number of nitrogens with one attached hydrogen (secondary N) is 3. The van der Waals surface area contributed by atoms with Crippen LogP contribution in [0.25, 0.3) is 0 Å². The quantitative estimate of drug-likeness (QED) is 0.291. The van der Waals surface area contributed by atoms with Crippen molar-refractivity contribution in [3.05, 3.63) is 77.0 Å². The fourth-order valence-corrected chi connectivity index (χ4v) is 6.21. The van der Waals surface area contributed by atoms with Gasteiger partial charge in [-0.1, -0.05) is 30.3 Å². The highest BCUT2D eigenvalue weighted by Crippen LogP contribution is 2.38. The molecule has 0 saturated carbocycles. The molecule has 4 aliphatic rings. The number of aliphatic hydroxyl groups excluding tert-OH is 1. The Bertz CT molecular complexity index is 1440. The van der Waals surface area contributed by atoms with Crippen molar-refractivity contribution in [1.82, 2.24) is 20.2 Å². The number of nitrogens with zero attached hydrogens (tertiary/aromatic N) is 3. The maximum atomic E-state index is 13.4. The molecule has 2 bridgehead atoms. The van der Waals surface area contributed by atoms with Gasteiger partial charge >= 0.3 is 5.97 Å². The zero-order valence-corrected chi connectivity index (χ0v) is 23.4. The van der Waals surface area contributed by atoms with E-state index in [9.17, 15) is 14.7 Å². The molecule has 41 heavy (non-hydrogen) atoms. The highest BCUT2D eigenvalue weighted by atomic mass is 16.6.